The van der Waals surface area contributed by atoms with Crippen molar-refractivity contribution < 1.29 is 9.53 Å². The smallest absolute Gasteiger partial charge is 0.409 e. The number of amides is 1. The van der Waals surface area contributed by atoms with Gasteiger partial charge in [-0.05, 0) is 18.8 Å². The van der Waals surface area contributed by atoms with E-state index in [1.165, 1.54) is 39.2 Å². The van der Waals surface area contributed by atoms with Gasteiger partial charge in [-0.25, -0.2) is 4.79 Å². The first kappa shape index (κ1) is 11.7. The number of nitrogens with one attached hydrogen (secondary N) is 1. The van der Waals surface area contributed by atoms with Gasteiger partial charge in [0.05, 0.1) is 13.2 Å². The van der Waals surface area contributed by atoms with Crippen molar-refractivity contribution in [3.05, 3.63) is 0 Å². The summed E-state index contributed by atoms with van der Waals surface area (Å²) in [6.07, 6.45) is 6.36. The van der Waals surface area contributed by atoms with Crippen molar-refractivity contribution in [3.63, 3.8) is 0 Å². The van der Waals surface area contributed by atoms with Crippen LogP contribution in [0.2, 0.25) is 0 Å². The fourth-order valence-corrected chi connectivity index (χ4v) is 3.01. The van der Waals surface area contributed by atoms with Gasteiger partial charge < -0.3 is 15.0 Å². The van der Waals surface area contributed by atoms with Gasteiger partial charge in [0.2, 0.25) is 0 Å². The highest BCUT2D eigenvalue weighted by molar-refractivity contribution is 5.68. The molecule has 0 aromatic rings. The van der Waals surface area contributed by atoms with E-state index in [0.29, 0.717) is 12.0 Å². The number of rotatable bonds is 1. The number of carbonyl (C=O) groups excluding carboxylic acids is 1. The lowest BCUT2D eigenvalue weighted by atomic mass is 9.82. The predicted octanol–water partition coefficient (Wildman–Crippen LogP) is 1.61. The summed E-state index contributed by atoms with van der Waals surface area (Å²) in [5.41, 5.74) is 0. The van der Waals surface area contributed by atoms with Crippen LogP contribution in [0.3, 0.4) is 0 Å². The molecule has 2 rings (SSSR count). The van der Waals surface area contributed by atoms with E-state index in [4.69, 9.17) is 4.74 Å². The molecule has 2 fully saturated rings. The molecule has 0 bridgehead atoms. The van der Waals surface area contributed by atoms with Gasteiger partial charge in [0.1, 0.15) is 0 Å². The minimum atomic E-state index is -0.155. The second-order valence-electron chi connectivity index (χ2n) is 4.83. The van der Waals surface area contributed by atoms with Crippen LogP contribution in [0.25, 0.3) is 0 Å². The van der Waals surface area contributed by atoms with Gasteiger partial charge in [0.25, 0.3) is 0 Å². The predicted molar refractivity (Wildman–Crippen MR) is 62.3 cm³/mol. The maximum atomic E-state index is 11.7. The monoisotopic (exact) mass is 226 g/mol. The van der Waals surface area contributed by atoms with Gasteiger partial charge in [-0.3, -0.25) is 0 Å². The third-order valence-corrected chi connectivity index (χ3v) is 3.89. The first-order valence-electron chi connectivity index (χ1n) is 6.38. The molecule has 1 saturated carbocycles. The van der Waals surface area contributed by atoms with Crippen LogP contribution in [-0.2, 0) is 4.74 Å². The molecule has 1 unspecified atom stereocenters. The Hall–Kier alpha value is -0.770. The van der Waals surface area contributed by atoms with Crippen LogP contribution in [0.5, 0.6) is 0 Å². The molecule has 1 aliphatic heterocycles. The summed E-state index contributed by atoms with van der Waals surface area (Å²) in [5.74, 6) is 0.667. The molecule has 4 nitrogen and oxygen atoms in total. The zero-order valence-electron chi connectivity index (χ0n) is 10.1. The van der Waals surface area contributed by atoms with Crippen LogP contribution in [0.1, 0.15) is 32.1 Å². The fourth-order valence-electron chi connectivity index (χ4n) is 3.01. The van der Waals surface area contributed by atoms with E-state index in [9.17, 15) is 4.79 Å². The van der Waals surface area contributed by atoms with Crippen LogP contribution in [-0.4, -0.2) is 43.8 Å². The molecule has 1 N–H and O–H groups in total. The van der Waals surface area contributed by atoms with Crippen molar-refractivity contribution in [3.8, 4) is 0 Å². The number of piperazine rings is 1. The molecule has 16 heavy (non-hydrogen) atoms. The van der Waals surface area contributed by atoms with E-state index in [0.717, 1.165) is 19.6 Å². The van der Waals surface area contributed by atoms with E-state index >= 15 is 0 Å². The average Bonchev–Trinajstić information content (AvgIpc) is 2.39. The molecular weight excluding hydrogens is 204 g/mol. The van der Waals surface area contributed by atoms with E-state index in [2.05, 4.69) is 5.32 Å². The van der Waals surface area contributed by atoms with Gasteiger partial charge in [0.15, 0.2) is 0 Å². The highest BCUT2D eigenvalue weighted by atomic mass is 16.5. The Labute approximate surface area is 97.3 Å². The molecule has 1 saturated heterocycles. The molecule has 0 aromatic carbocycles. The minimum absolute atomic E-state index is 0.155. The van der Waals surface area contributed by atoms with Gasteiger partial charge >= 0.3 is 6.09 Å². The molecule has 1 amide bonds. The Bertz CT molecular complexity index is 239. The normalized spacial score (nSPS) is 27.8. The van der Waals surface area contributed by atoms with Crippen molar-refractivity contribution in [2.45, 2.75) is 38.1 Å². The number of methoxy groups -OCH3 is 1. The van der Waals surface area contributed by atoms with Gasteiger partial charge in [-0.15, -0.1) is 0 Å². The van der Waals surface area contributed by atoms with E-state index in [-0.39, 0.29) is 6.09 Å². The number of nitrogens with zero attached hydrogens (tertiary/aromatic N) is 1. The third-order valence-electron chi connectivity index (χ3n) is 3.89. The molecule has 0 spiro atoms. The zero-order valence-corrected chi connectivity index (χ0v) is 10.1. The topological polar surface area (TPSA) is 41.6 Å². The molecule has 4 heteroatoms. The lowest BCUT2D eigenvalue weighted by Crippen LogP contribution is -2.56. The second-order valence-corrected chi connectivity index (χ2v) is 4.83. The number of hydrogen-bond donors (Lipinski definition) is 1. The summed E-state index contributed by atoms with van der Waals surface area (Å²) in [7, 11) is 1.47. The largest absolute Gasteiger partial charge is 0.453 e. The first-order chi connectivity index (χ1) is 7.83. The Morgan fingerprint density at radius 1 is 1.31 bits per heavy atom. The van der Waals surface area contributed by atoms with Gasteiger partial charge in [0, 0.05) is 19.6 Å². The number of ether oxygens (including phenoxy) is 1. The van der Waals surface area contributed by atoms with E-state index in [1.807, 2.05) is 4.90 Å². The van der Waals surface area contributed by atoms with Crippen molar-refractivity contribution >= 4 is 6.09 Å². The summed E-state index contributed by atoms with van der Waals surface area (Å²) < 4.78 is 4.87. The Morgan fingerprint density at radius 2 is 2.06 bits per heavy atom. The fraction of sp³-hybridized carbons (Fsp3) is 0.917. The highest BCUT2D eigenvalue weighted by Gasteiger charge is 2.33. The van der Waals surface area contributed by atoms with Crippen LogP contribution >= 0.6 is 0 Å². The highest BCUT2D eigenvalue weighted by Crippen LogP contribution is 2.29. The zero-order chi connectivity index (χ0) is 11.4. The number of carbonyl (C=O) groups is 1. The summed E-state index contributed by atoms with van der Waals surface area (Å²) in [4.78, 5) is 13.6. The summed E-state index contributed by atoms with van der Waals surface area (Å²) in [6.45, 7) is 2.60. The van der Waals surface area contributed by atoms with E-state index in [1.54, 1.807) is 0 Å². The molecule has 0 radical (unpaired) electrons. The van der Waals surface area contributed by atoms with Crippen LogP contribution in [0.4, 0.5) is 4.79 Å². The molecule has 0 aromatic heterocycles. The summed E-state index contributed by atoms with van der Waals surface area (Å²) in [6, 6.07) is 0.349. The standard InChI is InChI=1S/C12H22N2O2/c1-16-12(15)14-8-7-13-9-11(14)10-5-3-2-4-6-10/h10-11,13H,2-9H2,1H3. The van der Waals surface area contributed by atoms with Gasteiger partial charge in [-0.1, -0.05) is 19.3 Å². The van der Waals surface area contributed by atoms with Crippen molar-refractivity contribution in [2.24, 2.45) is 5.92 Å². The summed E-state index contributed by atoms with van der Waals surface area (Å²) in [5, 5.41) is 3.39. The quantitative estimate of drug-likeness (QED) is 0.738. The third kappa shape index (κ3) is 2.48. The molecule has 92 valence electrons. The summed E-state index contributed by atoms with van der Waals surface area (Å²) >= 11 is 0. The van der Waals surface area contributed by atoms with Gasteiger partial charge in [-0.2, -0.15) is 0 Å². The van der Waals surface area contributed by atoms with Crippen molar-refractivity contribution in [2.75, 3.05) is 26.7 Å². The SMILES string of the molecule is COC(=O)N1CCNCC1C1CCCCC1. The van der Waals surface area contributed by atoms with Crippen molar-refractivity contribution in [1.29, 1.82) is 0 Å². The molecular formula is C12H22N2O2. The Balaban J connectivity index is 2.00. The Kier molecular flexibility index (Phi) is 4.04. The lowest BCUT2D eigenvalue weighted by molar-refractivity contribution is 0.0666. The maximum Gasteiger partial charge on any atom is 0.409 e. The minimum Gasteiger partial charge on any atom is -0.453 e. The number of hydrogen-bond acceptors (Lipinski definition) is 3. The van der Waals surface area contributed by atoms with Crippen LogP contribution < -0.4 is 5.32 Å². The Morgan fingerprint density at radius 3 is 2.75 bits per heavy atom. The molecule has 1 atom stereocenters. The van der Waals surface area contributed by atoms with E-state index < -0.39 is 0 Å². The molecule has 1 aliphatic carbocycles. The second kappa shape index (κ2) is 5.53. The first-order valence-corrected chi connectivity index (χ1v) is 6.38. The molecule has 1 heterocycles. The van der Waals surface area contributed by atoms with Crippen LogP contribution in [0, 0.1) is 5.92 Å². The van der Waals surface area contributed by atoms with Crippen molar-refractivity contribution in [1.82, 2.24) is 10.2 Å². The molecule has 2 aliphatic rings. The van der Waals surface area contributed by atoms with Crippen LogP contribution in [0.15, 0.2) is 0 Å². The average molecular weight is 226 g/mol. The maximum absolute atomic E-state index is 11.7. The lowest BCUT2D eigenvalue weighted by Gasteiger charge is -2.41.